The molecule has 0 bridgehead atoms. The van der Waals surface area contributed by atoms with E-state index < -0.39 is 0 Å². The van der Waals surface area contributed by atoms with Gasteiger partial charge in [-0.25, -0.2) is 0 Å². The van der Waals surface area contributed by atoms with Crippen molar-refractivity contribution in [2.45, 2.75) is 0 Å². The minimum Gasteiger partial charge on any atom is -0.496 e. The normalized spacial score (nSPS) is 11.4. The van der Waals surface area contributed by atoms with Crippen molar-refractivity contribution in [2.24, 2.45) is 0 Å². The summed E-state index contributed by atoms with van der Waals surface area (Å²) in [6.07, 6.45) is 8.42. The highest BCUT2D eigenvalue weighted by atomic mass is 16.5. The van der Waals surface area contributed by atoms with Crippen LogP contribution in [0.5, 0.6) is 11.5 Å². The van der Waals surface area contributed by atoms with Gasteiger partial charge in [0.2, 0.25) is 0 Å². The fraction of sp³-hybridized carbons (Fsp3) is 0.0714. The van der Waals surface area contributed by atoms with Gasteiger partial charge in [-0.2, -0.15) is 0 Å². The average molecular weight is 392 g/mol. The van der Waals surface area contributed by atoms with Crippen LogP contribution in [0.3, 0.4) is 0 Å². The summed E-state index contributed by atoms with van der Waals surface area (Å²) >= 11 is 0. The van der Waals surface area contributed by atoms with Gasteiger partial charge >= 0.3 is 0 Å². The molecule has 4 aromatic carbocycles. The van der Waals surface area contributed by atoms with Crippen LogP contribution < -0.4 is 9.47 Å². The highest BCUT2D eigenvalue weighted by molar-refractivity contribution is 5.89. The lowest BCUT2D eigenvalue weighted by Crippen LogP contribution is -1.85. The van der Waals surface area contributed by atoms with Gasteiger partial charge in [0.25, 0.3) is 0 Å². The summed E-state index contributed by atoms with van der Waals surface area (Å²) in [5.41, 5.74) is 4.43. The summed E-state index contributed by atoms with van der Waals surface area (Å²) in [7, 11) is 3.39. The molecule has 0 N–H and O–H groups in total. The number of methoxy groups -OCH3 is 2. The first-order valence-corrected chi connectivity index (χ1v) is 9.93. The Morgan fingerprint density at radius 1 is 0.500 bits per heavy atom. The van der Waals surface area contributed by atoms with Crippen molar-refractivity contribution in [1.29, 1.82) is 0 Å². The molecule has 0 aliphatic carbocycles. The van der Waals surface area contributed by atoms with Crippen LogP contribution in [-0.4, -0.2) is 14.2 Å². The highest BCUT2D eigenvalue weighted by Crippen LogP contribution is 2.24. The number of fused-ring (bicyclic) bond motifs is 1. The molecule has 148 valence electrons. The van der Waals surface area contributed by atoms with Crippen LogP contribution in [0.1, 0.15) is 22.3 Å². The van der Waals surface area contributed by atoms with E-state index in [9.17, 15) is 0 Å². The molecule has 0 saturated carbocycles. The van der Waals surface area contributed by atoms with Gasteiger partial charge in [0, 0.05) is 11.1 Å². The average Bonchev–Trinajstić information content (AvgIpc) is 2.81. The third-order valence-corrected chi connectivity index (χ3v) is 5.08. The molecule has 0 saturated heterocycles. The first kappa shape index (κ1) is 19.5. The Morgan fingerprint density at radius 2 is 0.967 bits per heavy atom. The predicted octanol–water partition coefficient (Wildman–Crippen LogP) is 7.20. The zero-order valence-electron chi connectivity index (χ0n) is 17.2. The number of ether oxygens (including phenoxy) is 2. The van der Waals surface area contributed by atoms with Gasteiger partial charge in [-0.1, -0.05) is 85.0 Å². The SMILES string of the molecule is COc1ccccc1/C=C/c1ccc2ccc(/C=C/c3ccccc3OC)cc2c1. The quantitative estimate of drug-likeness (QED) is 0.323. The predicted molar refractivity (Wildman–Crippen MR) is 128 cm³/mol. The van der Waals surface area contributed by atoms with E-state index in [1.807, 2.05) is 36.4 Å². The molecule has 0 unspecified atom stereocenters. The number of hydrogen-bond donors (Lipinski definition) is 0. The Balaban J connectivity index is 1.61. The summed E-state index contributed by atoms with van der Waals surface area (Å²) in [5.74, 6) is 1.75. The van der Waals surface area contributed by atoms with Crippen LogP contribution in [0.4, 0.5) is 0 Å². The van der Waals surface area contributed by atoms with Crippen molar-refractivity contribution in [2.75, 3.05) is 14.2 Å². The van der Waals surface area contributed by atoms with Crippen molar-refractivity contribution < 1.29 is 9.47 Å². The molecule has 0 aromatic heterocycles. The molecule has 0 spiro atoms. The number of hydrogen-bond acceptors (Lipinski definition) is 2. The molecular weight excluding hydrogens is 368 g/mol. The third kappa shape index (κ3) is 4.44. The zero-order valence-corrected chi connectivity index (χ0v) is 17.2. The molecule has 0 heterocycles. The summed E-state index contributed by atoms with van der Waals surface area (Å²) < 4.78 is 10.9. The number of rotatable bonds is 6. The summed E-state index contributed by atoms with van der Waals surface area (Å²) in [6.45, 7) is 0. The molecule has 0 aliphatic heterocycles. The molecule has 0 aliphatic rings. The van der Waals surface area contributed by atoms with Crippen LogP contribution in [-0.2, 0) is 0 Å². The van der Waals surface area contributed by atoms with Crippen molar-refractivity contribution in [3.05, 3.63) is 107 Å². The lowest BCUT2D eigenvalue weighted by molar-refractivity contribution is 0.414. The lowest BCUT2D eigenvalue weighted by Gasteiger charge is -2.05. The van der Waals surface area contributed by atoms with Crippen LogP contribution in [0.2, 0.25) is 0 Å². The molecule has 0 amide bonds. The third-order valence-electron chi connectivity index (χ3n) is 5.08. The first-order chi connectivity index (χ1) is 14.8. The van der Waals surface area contributed by atoms with Crippen molar-refractivity contribution in [1.82, 2.24) is 0 Å². The largest absolute Gasteiger partial charge is 0.496 e. The molecular formula is C28H24O2. The molecule has 2 nitrogen and oxygen atoms in total. The molecule has 0 fully saturated rings. The summed E-state index contributed by atoms with van der Waals surface area (Å²) in [6, 6.07) is 29.1. The van der Waals surface area contributed by atoms with E-state index in [1.54, 1.807) is 14.2 Å². The maximum Gasteiger partial charge on any atom is 0.126 e. The van der Waals surface area contributed by atoms with E-state index >= 15 is 0 Å². The van der Waals surface area contributed by atoms with Crippen LogP contribution in [0.15, 0.2) is 84.9 Å². The maximum absolute atomic E-state index is 5.43. The van der Waals surface area contributed by atoms with Gasteiger partial charge in [-0.3, -0.25) is 0 Å². The number of benzene rings is 4. The molecule has 4 rings (SSSR count). The molecule has 4 aromatic rings. The van der Waals surface area contributed by atoms with Gasteiger partial charge in [-0.15, -0.1) is 0 Å². The molecule has 0 atom stereocenters. The fourth-order valence-electron chi connectivity index (χ4n) is 3.47. The van der Waals surface area contributed by atoms with Crippen LogP contribution in [0, 0.1) is 0 Å². The van der Waals surface area contributed by atoms with Gasteiger partial charge in [0.1, 0.15) is 11.5 Å². The minimum atomic E-state index is 0.873. The Kier molecular flexibility index (Phi) is 5.95. The maximum atomic E-state index is 5.43. The van der Waals surface area contributed by atoms with Crippen molar-refractivity contribution in [3.8, 4) is 11.5 Å². The van der Waals surface area contributed by atoms with Gasteiger partial charge < -0.3 is 9.47 Å². The van der Waals surface area contributed by atoms with Crippen molar-refractivity contribution >= 4 is 35.1 Å². The Labute approximate surface area is 177 Å². The van der Waals surface area contributed by atoms with Crippen molar-refractivity contribution in [3.63, 3.8) is 0 Å². The van der Waals surface area contributed by atoms with Gasteiger partial charge in [0.15, 0.2) is 0 Å². The van der Waals surface area contributed by atoms with E-state index in [-0.39, 0.29) is 0 Å². The summed E-state index contributed by atoms with van der Waals surface area (Å²) in [5, 5.41) is 2.43. The first-order valence-electron chi connectivity index (χ1n) is 9.93. The van der Waals surface area contributed by atoms with Gasteiger partial charge in [-0.05, 0) is 46.2 Å². The molecule has 30 heavy (non-hydrogen) atoms. The zero-order chi connectivity index (χ0) is 20.8. The van der Waals surface area contributed by atoms with E-state index in [0.717, 1.165) is 33.8 Å². The second-order valence-corrected chi connectivity index (χ2v) is 7.02. The topological polar surface area (TPSA) is 18.5 Å². The summed E-state index contributed by atoms with van der Waals surface area (Å²) in [4.78, 5) is 0. The Hall–Kier alpha value is -3.78. The second-order valence-electron chi connectivity index (χ2n) is 7.02. The van der Waals surface area contributed by atoms with E-state index in [0.29, 0.717) is 0 Å². The standard InChI is InChI=1S/C28H24O2/c1-29-27-9-5-3-7-24(27)17-13-21-11-15-23-16-12-22(20-26(23)19-21)14-18-25-8-4-6-10-28(25)30-2/h3-20H,1-2H3/b17-13+,18-14+. The highest BCUT2D eigenvalue weighted by Gasteiger charge is 2.00. The monoisotopic (exact) mass is 392 g/mol. The Bertz CT molecular complexity index is 1130. The Morgan fingerprint density at radius 3 is 1.43 bits per heavy atom. The fourth-order valence-corrected chi connectivity index (χ4v) is 3.47. The van der Waals surface area contributed by atoms with E-state index in [2.05, 4.69) is 72.8 Å². The minimum absolute atomic E-state index is 0.873. The van der Waals surface area contributed by atoms with E-state index in [1.165, 1.54) is 10.8 Å². The number of para-hydroxylation sites is 2. The molecule has 0 radical (unpaired) electrons. The van der Waals surface area contributed by atoms with E-state index in [4.69, 9.17) is 9.47 Å². The van der Waals surface area contributed by atoms with Crippen LogP contribution >= 0.6 is 0 Å². The smallest absolute Gasteiger partial charge is 0.126 e. The molecule has 2 heteroatoms. The second kappa shape index (κ2) is 9.15. The lowest BCUT2D eigenvalue weighted by atomic mass is 10.0. The van der Waals surface area contributed by atoms with Gasteiger partial charge in [0.05, 0.1) is 14.2 Å². The van der Waals surface area contributed by atoms with Crippen LogP contribution in [0.25, 0.3) is 35.1 Å².